The number of thioether (sulfide) groups is 1. The summed E-state index contributed by atoms with van der Waals surface area (Å²) >= 11 is 2.45. The highest BCUT2D eigenvalue weighted by molar-refractivity contribution is 7.99. The van der Waals surface area contributed by atoms with Crippen LogP contribution in [0, 0.1) is 32.1 Å². The van der Waals surface area contributed by atoms with Gasteiger partial charge in [0.25, 0.3) is 5.22 Å². The molecule has 0 aliphatic rings. The Kier molecular flexibility index (Phi) is 5.49. The van der Waals surface area contributed by atoms with E-state index in [-0.39, 0.29) is 11.5 Å². The van der Waals surface area contributed by atoms with Crippen molar-refractivity contribution in [2.24, 2.45) is 0 Å². The van der Waals surface area contributed by atoms with Crippen molar-refractivity contribution in [3.63, 3.8) is 0 Å². The number of carbonyl (C=O) groups excluding carboxylic acids is 1. The van der Waals surface area contributed by atoms with E-state index in [1.807, 2.05) is 44.4 Å². The molecule has 3 rings (SSSR count). The molecule has 6 nitrogen and oxygen atoms in total. The number of thiazole rings is 1. The van der Waals surface area contributed by atoms with Gasteiger partial charge in [-0.25, -0.2) is 4.98 Å². The van der Waals surface area contributed by atoms with Gasteiger partial charge in [0.2, 0.25) is 5.89 Å². The van der Waals surface area contributed by atoms with Crippen LogP contribution in [0.25, 0.3) is 11.5 Å². The second-order valence-corrected chi connectivity index (χ2v) is 7.71. The maximum absolute atomic E-state index is 12.4. The maximum atomic E-state index is 12.4. The van der Waals surface area contributed by atoms with Gasteiger partial charge in [-0.15, -0.1) is 21.5 Å². The molecular formula is C18H16N4O2S2. The number of Topliss-reactive ketones (excluding diaryl/α,β-unsaturated/α-hetero) is 1. The minimum Gasteiger partial charge on any atom is -0.411 e. The first-order valence-electron chi connectivity index (χ1n) is 7.85. The maximum Gasteiger partial charge on any atom is 0.277 e. The molecule has 1 aromatic carbocycles. The minimum atomic E-state index is -0.858. The fourth-order valence-electron chi connectivity index (χ4n) is 2.47. The Morgan fingerprint density at radius 3 is 2.62 bits per heavy atom. The first-order valence-corrected chi connectivity index (χ1v) is 9.72. The summed E-state index contributed by atoms with van der Waals surface area (Å²) in [4.78, 5) is 16.6. The molecule has 26 heavy (non-hydrogen) atoms. The molecule has 0 aliphatic heterocycles. The molecule has 8 heteroatoms. The summed E-state index contributed by atoms with van der Waals surface area (Å²) in [6, 6.07) is 8.03. The van der Waals surface area contributed by atoms with Gasteiger partial charge in [0.15, 0.2) is 11.7 Å². The quantitative estimate of drug-likeness (QED) is 0.591. The first-order chi connectivity index (χ1) is 12.5. The molecule has 0 amide bonds. The smallest absolute Gasteiger partial charge is 0.277 e. The summed E-state index contributed by atoms with van der Waals surface area (Å²) < 4.78 is 5.65. The number of rotatable bonds is 6. The Morgan fingerprint density at radius 2 is 2.00 bits per heavy atom. The molecule has 0 bridgehead atoms. The number of aryl methyl sites for hydroxylation is 3. The molecule has 3 aromatic rings. The fraction of sp³-hybridized carbons (Fsp3) is 0.278. The van der Waals surface area contributed by atoms with Crippen LogP contribution >= 0.6 is 23.1 Å². The number of hydrogen-bond donors (Lipinski definition) is 0. The van der Waals surface area contributed by atoms with Gasteiger partial charge < -0.3 is 4.42 Å². The van der Waals surface area contributed by atoms with E-state index in [1.165, 1.54) is 11.3 Å². The van der Waals surface area contributed by atoms with Gasteiger partial charge in [-0.1, -0.05) is 29.0 Å². The molecule has 2 heterocycles. The second kappa shape index (κ2) is 7.81. The normalized spacial score (nSPS) is 11.9. The highest BCUT2D eigenvalue weighted by atomic mass is 32.2. The zero-order valence-electron chi connectivity index (χ0n) is 14.5. The van der Waals surface area contributed by atoms with Gasteiger partial charge >= 0.3 is 0 Å². The lowest BCUT2D eigenvalue weighted by Gasteiger charge is -2.03. The molecule has 0 aliphatic carbocycles. The van der Waals surface area contributed by atoms with Crippen molar-refractivity contribution in [3.8, 4) is 17.5 Å². The molecule has 0 saturated carbocycles. The number of hydrogen-bond acceptors (Lipinski definition) is 8. The van der Waals surface area contributed by atoms with E-state index in [0.717, 1.165) is 34.1 Å². The summed E-state index contributed by atoms with van der Waals surface area (Å²) in [5, 5.41) is 20.0. The lowest BCUT2D eigenvalue weighted by molar-refractivity contribution is -0.116. The van der Waals surface area contributed by atoms with Crippen LogP contribution in [-0.4, -0.2) is 26.7 Å². The van der Waals surface area contributed by atoms with Crippen LogP contribution in [0.1, 0.15) is 27.7 Å². The average molecular weight is 384 g/mol. The highest BCUT2D eigenvalue weighted by Gasteiger charge is 2.24. The van der Waals surface area contributed by atoms with Crippen molar-refractivity contribution in [3.05, 3.63) is 45.4 Å². The van der Waals surface area contributed by atoms with E-state index in [9.17, 15) is 10.1 Å². The minimum absolute atomic E-state index is 0.0747. The number of nitrogens with zero attached hydrogens (tertiary/aromatic N) is 4. The number of benzene rings is 1. The SMILES string of the molecule is Cc1cc(C)cc(-c2nnc(SCC(=O)[C@@H](C#N)c3nc(C)cs3)o2)c1. The highest BCUT2D eigenvalue weighted by Crippen LogP contribution is 2.27. The molecule has 0 fully saturated rings. The summed E-state index contributed by atoms with van der Waals surface area (Å²) in [6.07, 6.45) is 0. The molecule has 0 spiro atoms. The van der Waals surface area contributed by atoms with Crippen molar-refractivity contribution < 1.29 is 9.21 Å². The molecule has 0 unspecified atom stereocenters. The molecule has 1 atom stereocenters. The molecule has 132 valence electrons. The third kappa shape index (κ3) is 4.18. The van der Waals surface area contributed by atoms with Crippen LogP contribution in [0.4, 0.5) is 0 Å². The Morgan fingerprint density at radius 1 is 1.27 bits per heavy atom. The Hall–Kier alpha value is -2.50. The van der Waals surface area contributed by atoms with Crippen LogP contribution in [0.3, 0.4) is 0 Å². The van der Waals surface area contributed by atoms with Gasteiger partial charge in [0.1, 0.15) is 5.01 Å². The largest absolute Gasteiger partial charge is 0.411 e. The van der Waals surface area contributed by atoms with Crippen LogP contribution in [0.15, 0.2) is 33.2 Å². The lowest BCUT2D eigenvalue weighted by atomic mass is 10.1. The Balaban J connectivity index is 1.68. The number of nitriles is 1. The van der Waals surface area contributed by atoms with Gasteiger partial charge in [0, 0.05) is 16.6 Å². The Labute approximate surface area is 159 Å². The van der Waals surface area contributed by atoms with Crippen LogP contribution in [-0.2, 0) is 4.79 Å². The molecule has 0 radical (unpaired) electrons. The van der Waals surface area contributed by atoms with Crippen molar-refractivity contribution in [1.29, 1.82) is 5.26 Å². The van der Waals surface area contributed by atoms with Crippen molar-refractivity contribution in [2.75, 3.05) is 5.75 Å². The number of aromatic nitrogens is 3. The zero-order valence-corrected chi connectivity index (χ0v) is 16.1. The van der Waals surface area contributed by atoms with E-state index in [2.05, 4.69) is 21.2 Å². The van der Waals surface area contributed by atoms with Crippen LogP contribution < -0.4 is 0 Å². The third-order valence-corrected chi connectivity index (χ3v) is 5.42. The summed E-state index contributed by atoms with van der Waals surface area (Å²) in [5.41, 5.74) is 3.87. The van der Waals surface area contributed by atoms with Crippen LogP contribution in [0.5, 0.6) is 0 Å². The predicted molar refractivity (Wildman–Crippen MR) is 100 cm³/mol. The van der Waals surface area contributed by atoms with E-state index in [0.29, 0.717) is 16.1 Å². The van der Waals surface area contributed by atoms with E-state index in [4.69, 9.17) is 4.42 Å². The fourth-order valence-corrected chi connectivity index (χ4v) is 4.00. The molecule has 2 aromatic heterocycles. The zero-order chi connectivity index (χ0) is 18.7. The molecule has 0 saturated heterocycles. The van der Waals surface area contributed by atoms with Gasteiger partial charge in [-0.2, -0.15) is 5.26 Å². The number of carbonyl (C=O) groups is 1. The molecular weight excluding hydrogens is 368 g/mol. The van der Waals surface area contributed by atoms with E-state index < -0.39 is 5.92 Å². The van der Waals surface area contributed by atoms with Gasteiger partial charge in [-0.05, 0) is 32.9 Å². The number of ketones is 1. The lowest BCUT2D eigenvalue weighted by Crippen LogP contribution is -2.13. The topological polar surface area (TPSA) is 92.7 Å². The predicted octanol–water partition coefficient (Wildman–Crippen LogP) is 4.09. The standard InChI is InChI=1S/C18H16N4O2S2/c1-10-4-11(2)6-13(5-10)16-21-22-18(24-16)26-9-15(23)14(7-19)17-20-12(3)8-25-17/h4-6,8,14H,9H2,1-3H3/t14-/m1/s1. The average Bonchev–Trinajstić information content (AvgIpc) is 3.22. The monoisotopic (exact) mass is 384 g/mol. The van der Waals surface area contributed by atoms with E-state index in [1.54, 1.807) is 0 Å². The second-order valence-electron chi connectivity index (χ2n) is 5.89. The van der Waals surface area contributed by atoms with E-state index >= 15 is 0 Å². The third-order valence-electron chi connectivity index (χ3n) is 3.55. The van der Waals surface area contributed by atoms with Gasteiger partial charge in [-0.3, -0.25) is 4.79 Å². The van der Waals surface area contributed by atoms with Crippen molar-refractivity contribution in [2.45, 2.75) is 31.9 Å². The van der Waals surface area contributed by atoms with Crippen molar-refractivity contribution in [1.82, 2.24) is 15.2 Å². The molecule has 0 N–H and O–H groups in total. The first kappa shape index (κ1) is 18.3. The summed E-state index contributed by atoms with van der Waals surface area (Å²) in [6.45, 7) is 5.84. The van der Waals surface area contributed by atoms with Gasteiger partial charge in [0.05, 0.1) is 11.8 Å². The van der Waals surface area contributed by atoms with Crippen LogP contribution in [0.2, 0.25) is 0 Å². The summed E-state index contributed by atoms with van der Waals surface area (Å²) in [5.74, 6) is -0.592. The summed E-state index contributed by atoms with van der Waals surface area (Å²) in [7, 11) is 0. The Bertz CT molecular complexity index is 967. The van der Waals surface area contributed by atoms with Crippen molar-refractivity contribution >= 4 is 28.9 Å².